The lowest BCUT2D eigenvalue weighted by molar-refractivity contribution is -0.125. The van der Waals surface area contributed by atoms with Gasteiger partial charge < -0.3 is 19.9 Å². The van der Waals surface area contributed by atoms with Crippen molar-refractivity contribution in [1.29, 1.82) is 0 Å². The number of carbonyl (C=O) groups is 3. The van der Waals surface area contributed by atoms with Crippen LogP contribution in [0.5, 0.6) is 0 Å². The van der Waals surface area contributed by atoms with Crippen LogP contribution in [-0.2, 0) is 14.3 Å². The van der Waals surface area contributed by atoms with E-state index in [1.165, 1.54) is 4.90 Å². The van der Waals surface area contributed by atoms with Crippen molar-refractivity contribution in [2.75, 3.05) is 20.7 Å². The fraction of sp³-hybridized carbons (Fsp3) is 0.611. The molecule has 1 aromatic heterocycles. The minimum absolute atomic E-state index is 0.0735. The van der Waals surface area contributed by atoms with Crippen LogP contribution in [0.4, 0.5) is 0 Å². The fourth-order valence-corrected chi connectivity index (χ4v) is 2.82. The van der Waals surface area contributed by atoms with E-state index in [-0.39, 0.29) is 11.7 Å². The van der Waals surface area contributed by atoms with E-state index >= 15 is 0 Å². The molecule has 0 aliphatic heterocycles. The topological polar surface area (TPSA) is 141 Å². The van der Waals surface area contributed by atoms with Crippen molar-refractivity contribution in [3.63, 3.8) is 0 Å². The highest BCUT2D eigenvalue weighted by molar-refractivity contribution is 5.89. The van der Waals surface area contributed by atoms with Gasteiger partial charge in [-0.05, 0) is 18.3 Å². The molecular formula is C18H28N4O6. The van der Waals surface area contributed by atoms with E-state index in [9.17, 15) is 24.0 Å². The Morgan fingerprint density at radius 2 is 1.89 bits per heavy atom. The molecule has 0 aromatic carbocycles. The first-order valence-corrected chi connectivity index (χ1v) is 9.06. The third kappa shape index (κ3) is 7.77. The second kappa shape index (κ2) is 11.1. The Morgan fingerprint density at radius 3 is 2.46 bits per heavy atom. The third-order valence-electron chi connectivity index (χ3n) is 4.58. The van der Waals surface area contributed by atoms with Gasteiger partial charge in [0.05, 0.1) is 0 Å². The number of aromatic amines is 2. The molecule has 0 saturated heterocycles. The van der Waals surface area contributed by atoms with E-state index in [4.69, 9.17) is 4.74 Å². The number of hydrogen-bond donors (Lipinski definition) is 3. The van der Waals surface area contributed by atoms with Crippen LogP contribution in [0.25, 0.3) is 0 Å². The molecule has 1 fully saturated rings. The van der Waals surface area contributed by atoms with Gasteiger partial charge in [-0.1, -0.05) is 26.7 Å². The lowest BCUT2D eigenvalue weighted by atomic mass is 9.78. The van der Waals surface area contributed by atoms with E-state index in [2.05, 4.69) is 24.1 Å². The summed E-state index contributed by atoms with van der Waals surface area (Å²) in [5.41, 5.74) is -1.81. The second-order valence-corrected chi connectivity index (χ2v) is 7.09. The van der Waals surface area contributed by atoms with Crippen LogP contribution < -0.4 is 16.6 Å². The van der Waals surface area contributed by atoms with Crippen molar-refractivity contribution < 1.29 is 19.1 Å². The van der Waals surface area contributed by atoms with Crippen molar-refractivity contribution in [3.8, 4) is 0 Å². The van der Waals surface area contributed by atoms with Crippen molar-refractivity contribution in [1.82, 2.24) is 20.2 Å². The van der Waals surface area contributed by atoms with Crippen LogP contribution in [0.3, 0.4) is 0 Å². The Bertz CT molecular complexity index is 757. The van der Waals surface area contributed by atoms with Crippen molar-refractivity contribution in [2.24, 2.45) is 11.8 Å². The number of hydrogen-bond acceptors (Lipinski definition) is 6. The third-order valence-corrected chi connectivity index (χ3v) is 4.58. The summed E-state index contributed by atoms with van der Waals surface area (Å²) in [7, 11) is 3.38. The number of carbonyl (C=O) groups excluding carboxylic acids is 3. The number of nitrogens with zero attached hydrogens (tertiary/aromatic N) is 1. The molecule has 1 heterocycles. The molecule has 0 radical (unpaired) electrons. The molecule has 1 saturated carbocycles. The number of aromatic nitrogens is 2. The van der Waals surface area contributed by atoms with Gasteiger partial charge in [-0.2, -0.15) is 0 Å². The molecule has 3 atom stereocenters. The van der Waals surface area contributed by atoms with E-state index in [0.717, 1.165) is 31.7 Å². The molecule has 10 heteroatoms. The molecule has 1 aliphatic rings. The predicted molar refractivity (Wildman–Crippen MR) is 102 cm³/mol. The van der Waals surface area contributed by atoms with E-state index in [1.807, 2.05) is 4.98 Å². The molecule has 1 aromatic rings. The van der Waals surface area contributed by atoms with Crippen LogP contribution in [0.1, 0.15) is 43.6 Å². The Balaban J connectivity index is 0.000000696. The molecular weight excluding hydrogens is 368 g/mol. The Hall–Kier alpha value is -2.91. The zero-order valence-electron chi connectivity index (χ0n) is 16.6. The molecule has 3 N–H and O–H groups in total. The highest BCUT2D eigenvalue weighted by Crippen LogP contribution is 2.29. The maximum Gasteiger partial charge on any atom is 0.355 e. The summed E-state index contributed by atoms with van der Waals surface area (Å²) in [5, 5.41) is 2.87. The standard InChI is InChI=1S/C15H21N3O5.C3H7NO/c1-8-4-3-5-10(9(8)2)16-13(20)7-23-14(21)11-6-12(19)18-15(22)17-11;1-4(2)3-5/h6,8-10H,3-5,7H2,1-2H3,(H,16,20)(H2,17,18,19,22);3H,1-2H3. The summed E-state index contributed by atoms with van der Waals surface area (Å²) in [6, 6.07) is 0.983. The van der Waals surface area contributed by atoms with Gasteiger partial charge in [0.2, 0.25) is 6.41 Å². The molecule has 0 spiro atoms. The van der Waals surface area contributed by atoms with E-state index in [1.54, 1.807) is 14.1 Å². The smallest absolute Gasteiger partial charge is 0.355 e. The average molecular weight is 396 g/mol. The van der Waals surface area contributed by atoms with Gasteiger partial charge in [-0.25, -0.2) is 9.59 Å². The minimum Gasteiger partial charge on any atom is -0.451 e. The largest absolute Gasteiger partial charge is 0.451 e. The first-order chi connectivity index (χ1) is 13.1. The maximum atomic E-state index is 11.9. The molecule has 156 valence electrons. The number of H-pyrrole nitrogens is 2. The monoisotopic (exact) mass is 396 g/mol. The average Bonchev–Trinajstić information content (AvgIpc) is 2.63. The van der Waals surface area contributed by atoms with Gasteiger partial charge >= 0.3 is 11.7 Å². The molecule has 3 unspecified atom stereocenters. The molecule has 10 nitrogen and oxygen atoms in total. The highest BCUT2D eigenvalue weighted by atomic mass is 16.5. The van der Waals surface area contributed by atoms with Crippen LogP contribution in [0.2, 0.25) is 0 Å². The Morgan fingerprint density at radius 1 is 1.25 bits per heavy atom. The van der Waals surface area contributed by atoms with Crippen molar-refractivity contribution in [3.05, 3.63) is 32.6 Å². The van der Waals surface area contributed by atoms with Crippen LogP contribution in [-0.4, -0.2) is 59.9 Å². The van der Waals surface area contributed by atoms with Gasteiger partial charge in [0.1, 0.15) is 5.69 Å². The summed E-state index contributed by atoms with van der Waals surface area (Å²) >= 11 is 0. The number of amides is 2. The number of rotatable bonds is 5. The molecule has 2 amide bonds. The van der Waals surface area contributed by atoms with Crippen LogP contribution in [0, 0.1) is 11.8 Å². The second-order valence-electron chi connectivity index (χ2n) is 7.09. The zero-order chi connectivity index (χ0) is 21.3. The first-order valence-electron chi connectivity index (χ1n) is 9.06. The van der Waals surface area contributed by atoms with Gasteiger partial charge in [0, 0.05) is 26.2 Å². The van der Waals surface area contributed by atoms with Crippen molar-refractivity contribution in [2.45, 2.75) is 39.2 Å². The molecule has 1 aliphatic carbocycles. The first kappa shape index (κ1) is 23.1. The number of ether oxygens (including phenoxy) is 1. The van der Waals surface area contributed by atoms with Crippen LogP contribution in [0.15, 0.2) is 15.7 Å². The fourth-order valence-electron chi connectivity index (χ4n) is 2.82. The normalized spacial score (nSPS) is 20.9. The van der Waals surface area contributed by atoms with Crippen molar-refractivity contribution >= 4 is 18.3 Å². The quantitative estimate of drug-likeness (QED) is 0.467. The predicted octanol–water partition coefficient (Wildman–Crippen LogP) is -0.135. The Kier molecular flexibility index (Phi) is 9.13. The molecule has 2 rings (SSSR count). The summed E-state index contributed by atoms with van der Waals surface area (Å²) in [4.78, 5) is 60.8. The van der Waals surface area contributed by atoms with Crippen LogP contribution >= 0.6 is 0 Å². The highest BCUT2D eigenvalue weighted by Gasteiger charge is 2.28. The Labute approximate surface area is 162 Å². The van der Waals surface area contributed by atoms with E-state index in [0.29, 0.717) is 11.8 Å². The van der Waals surface area contributed by atoms with Gasteiger partial charge in [-0.15, -0.1) is 0 Å². The summed E-state index contributed by atoms with van der Waals surface area (Å²) < 4.78 is 4.83. The lowest BCUT2D eigenvalue weighted by Crippen LogP contribution is -2.45. The summed E-state index contributed by atoms with van der Waals surface area (Å²) in [6.07, 6.45) is 3.87. The van der Waals surface area contributed by atoms with Gasteiger partial charge in [0.25, 0.3) is 11.5 Å². The SMILES string of the molecule is CC1CCCC(NC(=O)COC(=O)c2cc(=O)[nH]c(=O)[nH]2)C1C.CN(C)C=O. The zero-order valence-corrected chi connectivity index (χ0v) is 16.6. The number of esters is 1. The van der Waals surface area contributed by atoms with E-state index < -0.39 is 29.7 Å². The summed E-state index contributed by atoms with van der Waals surface area (Å²) in [6.45, 7) is 3.80. The summed E-state index contributed by atoms with van der Waals surface area (Å²) in [5.74, 6) is -0.407. The molecule has 28 heavy (non-hydrogen) atoms. The number of nitrogens with one attached hydrogen (secondary N) is 3. The minimum atomic E-state index is -0.923. The van der Waals surface area contributed by atoms with Gasteiger partial charge in [0.15, 0.2) is 6.61 Å². The lowest BCUT2D eigenvalue weighted by Gasteiger charge is -2.34. The van der Waals surface area contributed by atoms with Gasteiger partial charge in [-0.3, -0.25) is 19.4 Å². The maximum absolute atomic E-state index is 11.9. The molecule has 0 bridgehead atoms.